The average molecular weight is 476 g/mol. The minimum absolute atomic E-state index is 0.00224. The largest absolute Gasteiger partial charge is 0.416 e. The maximum absolute atomic E-state index is 13.3. The van der Waals surface area contributed by atoms with Crippen LogP contribution in [0.1, 0.15) is 43.0 Å². The Balaban J connectivity index is 0.00000199. The van der Waals surface area contributed by atoms with Crippen LogP contribution < -0.4 is 15.5 Å². The molecule has 0 spiro atoms. The van der Waals surface area contributed by atoms with Gasteiger partial charge < -0.3 is 15.5 Å². The summed E-state index contributed by atoms with van der Waals surface area (Å²) in [5, 5.41) is 4.74. The van der Waals surface area contributed by atoms with Gasteiger partial charge in [0.25, 0.3) is 5.91 Å². The van der Waals surface area contributed by atoms with Crippen molar-refractivity contribution in [2.75, 3.05) is 18.5 Å². The van der Waals surface area contributed by atoms with Crippen molar-refractivity contribution in [1.29, 1.82) is 0 Å². The number of halogens is 3. The van der Waals surface area contributed by atoms with Gasteiger partial charge in [-0.25, -0.2) is 4.79 Å². The molecule has 1 atom stereocenters. The SMILES string of the molecule is CC.CCc1ccc(/C=C/CN2C(=O)C(C=O)(NC(=O)NC)c3ccccc32)cc1C(F)(F)F. The van der Waals surface area contributed by atoms with Gasteiger partial charge in [0.05, 0.1) is 11.3 Å². The Labute approximate surface area is 196 Å². The fraction of sp³-hybridized carbons (Fsp3) is 0.320. The molecule has 1 aliphatic heterocycles. The Bertz CT molecular complexity index is 1080. The molecule has 3 rings (SSSR count). The molecule has 1 heterocycles. The summed E-state index contributed by atoms with van der Waals surface area (Å²) in [6, 6.07) is 9.91. The quantitative estimate of drug-likeness (QED) is 0.471. The molecule has 0 aliphatic carbocycles. The number of urea groups is 1. The number of hydrogen-bond donors (Lipinski definition) is 2. The van der Waals surface area contributed by atoms with Crippen LogP contribution in [0.25, 0.3) is 6.08 Å². The van der Waals surface area contributed by atoms with Crippen molar-refractivity contribution in [3.05, 3.63) is 70.8 Å². The first-order valence-corrected chi connectivity index (χ1v) is 10.9. The van der Waals surface area contributed by atoms with Gasteiger partial charge in [-0.15, -0.1) is 0 Å². The number of amides is 3. The van der Waals surface area contributed by atoms with Crippen LogP contribution in [-0.4, -0.2) is 31.8 Å². The van der Waals surface area contributed by atoms with Crippen molar-refractivity contribution in [2.45, 2.75) is 38.9 Å². The number of alkyl halides is 3. The molecule has 0 radical (unpaired) electrons. The number of aldehydes is 1. The van der Waals surface area contributed by atoms with E-state index in [0.29, 0.717) is 23.1 Å². The van der Waals surface area contributed by atoms with Gasteiger partial charge in [-0.05, 0) is 29.7 Å². The van der Waals surface area contributed by atoms with Crippen molar-refractivity contribution < 1.29 is 27.6 Å². The lowest BCUT2D eigenvalue weighted by molar-refractivity contribution is -0.138. The standard InChI is InChI=1S/C23H22F3N3O3.C2H6/c1-3-16-11-10-15(13-18(16)23(24,25)26)7-6-12-29-19-9-5-4-8-17(19)22(14-30,20(29)31)28-21(32)27-2;1-2/h4-11,13-14H,3,12H2,1-2H3,(H2,27,28,32);1-2H3/b7-6+;. The molecule has 2 aromatic rings. The molecule has 182 valence electrons. The third-order valence-corrected chi connectivity index (χ3v) is 5.34. The van der Waals surface area contributed by atoms with Gasteiger partial charge in [-0.2, -0.15) is 13.2 Å². The molecule has 6 nitrogen and oxygen atoms in total. The van der Waals surface area contributed by atoms with Crippen LogP contribution in [0.3, 0.4) is 0 Å². The van der Waals surface area contributed by atoms with Gasteiger partial charge >= 0.3 is 12.2 Å². The number of carbonyl (C=O) groups is 3. The van der Waals surface area contributed by atoms with E-state index < -0.39 is 29.2 Å². The van der Waals surface area contributed by atoms with Crippen molar-refractivity contribution in [3.8, 4) is 0 Å². The van der Waals surface area contributed by atoms with Crippen molar-refractivity contribution in [1.82, 2.24) is 10.6 Å². The highest BCUT2D eigenvalue weighted by Gasteiger charge is 2.52. The number of para-hydroxylation sites is 1. The molecule has 1 unspecified atom stereocenters. The van der Waals surface area contributed by atoms with Crippen LogP contribution in [0.2, 0.25) is 0 Å². The Kier molecular flexibility index (Phi) is 8.62. The smallest absolute Gasteiger partial charge is 0.341 e. The Morgan fingerprint density at radius 3 is 2.41 bits per heavy atom. The van der Waals surface area contributed by atoms with Crippen LogP contribution in [-0.2, 0) is 27.7 Å². The number of anilines is 1. The van der Waals surface area contributed by atoms with Gasteiger partial charge in [0.1, 0.15) is 0 Å². The van der Waals surface area contributed by atoms with Crippen LogP contribution in [0, 0.1) is 0 Å². The van der Waals surface area contributed by atoms with E-state index in [9.17, 15) is 27.6 Å². The summed E-state index contributed by atoms with van der Waals surface area (Å²) in [5.41, 5.74) is -1.28. The van der Waals surface area contributed by atoms with Crippen LogP contribution in [0.4, 0.5) is 23.7 Å². The van der Waals surface area contributed by atoms with Gasteiger partial charge in [-0.3, -0.25) is 9.59 Å². The van der Waals surface area contributed by atoms with E-state index in [1.807, 2.05) is 13.8 Å². The first kappa shape index (κ1) is 26.6. The van der Waals surface area contributed by atoms with Crippen molar-refractivity contribution >= 4 is 30.0 Å². The summed E-state index contributed by atoms with van der Waals surface area (Å²) in [6.45, 7) is 5.65. The lowest BCUT2D eigenvalue weighted by atomic mass is 9.93. The minimum atomic E-state index is -4.46. The Hall–Kier alpha value is -3.62. The zero-order valence-corrected chi connectivity index (χ0v) is 19.5. The van der Waals surface area contributed by atoms with E-state index in [1.54, 1.807) is 37.3 Å². The third-order valence-electron chi connectivity index (χ3n) is 5.34. The van der Waals surface area contributed by atoms with E-state index in [1.165, 1.54) is 30.2 Å². The van der Waals surface area contributed by atoms with Gasteiger partial charge in [0, 0.05) is 19.2 Å². The number of rotatable bonds is 6. The fourth-order valence-electron chi connectivity index (χ4n) is 3.73. The lowest BCUT2D eigenvalue weighted by Gasteiger charge is -2.23. The average Bonchev–Trinajstić information content (AvgIpc) is 3.07. The lowest BCUT2D eigenvalue weighted by Crippen LogP contribution is -2.56. The third kappa shape index (κ3) is 5.13. The van der Waals surface area contributed by atoms with Gasteiger partial charge in [0.2, 0.25) is 5.54 Å². The van der Waals surface area contributed by atoms with E-state index >= 15 is 0 Å². The topological polar surface area (TPSA) is 78.5 Å². The number of carbonyl (C=O) groups excluding carboxylic acids is 3. The molecule has 0 aromatic heterocycles. The summed E-state index contributed by atoms with van der Waals surface area (Å²) in [7, 11) is 1.36. The van der Waals surface area contributed by atoms with Crippen LogP contribution in [0.5, 0.6) is 0 Å². The molecule has 0 saturated carbocycles. The summed E-state index contributed by atoms with van der Waals surface area (Å²) in [6.07, 6.45) is -0.807. The number of aryl methyl sites for hydroxylation is 1. The summed E-state index contributed by atoms with van der Waals surface area (Å²) < 4.78 is 39.9. The number of nitrogens with one attached hydrogen (secondary N) is 2. The highest BCUT2D eigenvalue weighted by Crippen LogP contribution is 2.39. The minimum Gasteiger partial charge on any atom is -0.341 e. The van der Waals surface area contributed by atoms with Gasteiger partial charge in [0.15, 0.2) is 6.29 Å². The highest BCUT2D eigenvalue weighted by molar-refractivity contribution is 6.18. The molecular formula is C25H28F3N3O3. The number of nitrogens with zero attached hydrogens (tertiary/aromatic N) is 1. The first-order valence-electron chi connectivity index (χ1n) is 10.9. The summed E-state index contributed by atoms with van der Waals surface area (Å²) >= 11 is 0. The molecule has 1 aliphatic rings. The molecular weight excluding hydrogens is 447 g/mol. The number of fused-ring (bicyclic) bond motifs is 1. The van der Waals surface area contributed by atoms with Crippen LogP contribution in [0.15, 0.2) is 48.5 Å². The molecule has 3 amide bonds. The molecule has 0 fully saturated rings. The summed E-state index contributed by atoms with van der Waals surface area (Å²) in [4.78, 5) is 38.3. The van der Waals surface area contributed by atoms with E-state index in [4.69, 9.17) is 0 Å². The van der Waals surface area contributed by atoms with Crippen LogP contribution >= 0.6 is 0 Å². The second kappa shape index (κ2) is 11.0. The maximum atomic E-state index is 13.3. The zero-order valence-electron chi connectivity index (χ0n) is 19.5. The van der Waals surface area contributed by atoms with Gasteiger partial charge in [-0.1, -0.05) is 63.3 Å². The molecule has 2 aromatic carbocycles. The highest BCUT2D eigenvalue weighted by atomic mass is 19.4. The van der Waals surface area contributed by atoms with E-state index in [-0.39, 0.29) is 18.5 Å². The second-order valence-corrected chi connectivity index (χ2v) is 7.23. The normalized spacial score (nSPS) is 17.1. The Morgan fingerprint density at radius 2 is 1.82 bits per heavy atom. The summed E-state index contributed by atoms with van der Waals surface area (Å²) in [5.74, 6) is -0.653. The number of benzene rings is 2. The monoisotopic (exact) mass is 475 g/mol. The molecule has 0 bridgehead atoms. The number of hydrogen-bond acceptors (Lipinski definition) is 3. The molecule has 0 saturated heterocycles. The predicted octanol–water partition coefficient (Wildman–Crippen LogP) is 4.68. The van der Waals surface area contributed by atoms with E-state index in [2.05, 4.69) is 10.6 Å². The molecule has 34 heavy (non-hydrogen) atoms. The van der Waals surface area contributed by atoms with Crippen molar-refractivity contribution in [3.63, 3.8) is 0 Å². The fourth-order valence-corrected chi connectivity index (χ4v) is 3.73. The second-order valence-electron chi connectivity index (χ2n) is 7.23. The zero-order chi connectivity index (χ0) is 25.5. The van der Waals surface area contributed by atoms with Crippen molar-refractivity contribution in [2.24, 2.45) is 0 Å². The predicted molar refractivity (Wildman–Crippen MR) is 125 cm³/mol. The van der Waals surface area contributed by atoms with E-state index in [0.717, 1.165) is 6.07 Å². The molecule has 2 N–H and O–H groups in total. The maximum Gasteiger partial charge on any atom is 0.416 e. The first-order chi connectivity index (χ1) is 16.2. The molecule has 9 heteroatoms. The Morgan fingerprint density at radius 1 is 1.15 bits per heavy atom.